The minimum Gasteiger partial charge on any atom is -0.396 e. The van der Waals surface area contributed by atoms with Crippen LogP contribution in [0, 0.1) is 6.92 Å². The van der Waals surface area contributed by atoms with Crippen LogP contribution in [0.5, 0.6) is 0 Å². The number of nitrogens with one attached hydrogen (secondary N) is 1. The molecule has 2 amide bonds. The minimum absolute atomic E-state index is 0.0437. The van der Waals surface area contributed by atoms with Crippen LogP contribution in [-0.2, 0) is 6.42 Å². The van der Waals surface area contributed by atoms with Crippen molar-refractivity contribution in [3.05, 3.63) is 29.3 Å². The molecule has 2 N–H and O–H groups in total. The van der Waals surface area contributed by atoms with E-state index in [9.17, 15) is 4.79 Å². The molecular weight excluding hydrogens is 284 g/mol. The van der Waals surface area contributed by atoms with Crippen molar-refractivity contribution < 1.29 is 9.90 Å². The van der Waals surface area contributed by atoms with Crippen molar-refractivity contribution in [3.63, 3.8) is 0 Å². The van der Waals surface area contributed by atoms with Crippen molar-refractivity contribution in [2.45, 2.75) is 32.7 Å². The van der Waals surface area contributed by atoms with Gasteiger partial charge in [0.15, 0.2) is 0 Å². The topological polar surface area (TPSA) is 52.6 Å². The zero-order chi connectivity index (χ0) is 15.2. The number of hydrogen-bond donors (Lipinski definition) is 2. The van der Waals surface area contributed by atoms with Gasteiger partial charge in [-0.3, -0.25) is 0 Å². The van der Waals surface area contributed by atoms with Gasteiger partial charge in [-0.05, 0) is 30.9 Å². The molecule has 1 aliphatic rings. The second-order valence-corrected chi connectivity index (χ2v) is 6.48. The number of carbonyl (C=O) groups is 1. The van der Waals surface area contributed by atoms with E-state index in [0.29, 0.717) is 6.42 Å². The normalized spacial score (nSPS) is 18.6. The molecule has 0 saturated carbocycles. The molecular formula is C16H24N2O2S. The van der Waals surface area contributed by atoms with Gasteiger partial charge in [0.2, 0.25) is 0 Å². The Morgan fingerprint density at radius 1 is 1.52 bits per heavy atom. The first-order chi connectivity index (χ1) is 10.2. The molecule has 0 unspecified atom stereocenters. The molecule has 1 fully saturated rings. The molecule has 116 valence electrons. The number of benzene rings is 1. The molecule has 2 rings (SSSR count). The highest BCUT2D eigenvalue weighted by molar-refractivity contribution is 7.99. The minimum atomic E-state index is -0.0437. The highest BCUT2D eigenvalue weighted by atomic mass is 32.2. The van der Waals surface area contributed by atoms with Crippen molar-refractivity contribution >= 4 is 23.5 Å². The third kappa shape index (κ3) is 3.92. The summed E-state index contributed by atoms with van der Waals surface area (Å²) in [6.07, 6.45) is 1.54. The number of aliphatic hydroxyl groups is 1. The predicted octanol–water partition coefficient (Wildman–Crippen LogP) is 2.89. The molecule has 1 aromatic rings. The Bertz CT molecular complexity index is 491. The summed E-state index contributed by atoms with van der Waals surface area (Å²) in [6.45, 7) is 4.98. The third-order valence-corrected chi connectivity index (χ3v) is 5.01. The van der Waals surface area contributed by atoms with Crippen LogP contribution in [0.2, 0.25) is 0 Å². The number of urea groups is 1. The lowest BCUT2D eigenvalue weighted by atomic mass is 10.1. The Labute approximate surface area is 130 Å². The first-order valence-electron chi connectivity index (χ1n) is 7.52. The van der Waals surface area contributed by atoms with Crippen LogP contribution in [0.25, 0.3) is 0 Å². The fourth-order valence-corrected chi connectivity index (χ4v) is 3.80. The zero-order valence-electron chi connectivity index (χ0n) is 12.8. The molecule has 0 radical (unpaired) electrons. The number of aliphatic hydroxyl groups excluding tert-OH is 1. The summed E-state index contributed by atoms with van der Waals surface area (Å²) in [5, 5.41) is 12.3. The summed E-state index contributed by atoms with van der Waals surface area (Å²) < 4.78 is 0. The fraction of sp³-hybridized carbons (Fsp3) is 0.562. The Kier molecular flexibility index (Phi) is 5.94. The van der Waals surface area contributed by atoms with E-state index in [4.69, 9.17) is 5.11 Å². The largest absolute Gasteiger partial charge is 0.396 e. The molecule has 21 heavy (non-hydrogen) atoms. The maximum absolute atomic E-state index is 12.6. The van der Waals surface area contributed by atoms with E-state index in [2.05, 4.69) is 18.3 Å². The maximum Gasteiger partial charge on any atom is 0.322 e. The van der Waals surface area contributed by atoms with Crippen LogP contribution in [0.1, 0.15) is 24.5 Å². The molecule has 1 atom stereocenters. The standard InChI is InChI=1S/C16H24N2O2S/c1-3-13-6-4-5-12(2)15(13)17-16(20)18-8-10-21-11-14(18)7-9-19/h4-6,14,19H,3,7-11H2,1-2H3,(H,17,20)/t14-/m1/s1. The first kappa shape index (κ1) is 16.2. The van der Waals surface area contributed by atoms with Crippen LogP contribution < -0.4 is 5.32 Å². The maximum atomic E-state index is 12.6. The number of anilines is 1. The van der Waals surface area contributed by atoms with E-state index in [1.54, 1.807) is 0 Å². The van der Waals surface area contributed by atoms with Crippen molar-refractivity contribution in [1.82, 2.24) is 4.90 Å². The number of thioether (sulfide) groups is 1. The monoisotopic (exact) mass is 308 g/mol. The van der Waals surface area contributed by atoms with Crippen molar-refractivity contribution in [2.75, 3.05) is 30.0 Å². The van der Waals surface area contributed by atoms with Gasteiger partial charge in [0, 0.05) is 36.4 Å². The van der Waals surface area contributed by atoms with Gasteiger partial charge in [0.25, 0.3) is 0 Å². The molecule has 0 aromatic heterocycles. The summed E-state index contributed by atoms with van der Waals surface area (Å²) in [5.41, 5.74) is 3.19. The molecule has 1 heterocycles. The van der Waals surface area contributed by atoms with Crippen molar-refractivity contribution in [3.8, 4) is 0 Å². The summed E-state index contributed by atoms with van der Waals surface area (Å²) in [6, 6.07) is 6.18. The Morgan fingerprint density at radius 3 is 3.05 bits per heavy atom. The number of rotatable bonds is 4. The van der Waals surface area contributed by atoms with Gasteiger partial charge in [-0.15, -0.1) is 0 Å². The molecule has 4 nitrogen and oxygen atoms in total. The Balaban J connectivity index is 2.13. The third-order valence-electron chi connectivity index (χ3n) is 3.92. The van der Waals surface area contributed by atoms with Crippen molar-refractivity contribution in [1.29, 1.82) is 0 Å². The van der Waals surface area contributed by atoms with Crippen molar-refractivity contribution in [2.24, 2.45) is 0 Å². The van der Waals surface area contributed by atoms with Gasteiger partial charge in [0.1, 0.15) is 0 Å². The quantitative estimate of drug-likeness (QED) is 0.899. The number of aryl methyl sites for hydroxylation is 2. The average molecular weight is 308 g/mol. The van der Waals surface area contributed by atoms with E-state index < -0.39 is 0 Å². The van der Waals surface area contributed by atoms with E-state index >= 15 is 0 Å². The van der Waals surface area contributed by atoms with E-state index in [1.165, 1.54) is 0 Å². The zero-order valence-corrected chi connectivity index (χ0v) is 13.6. The van der Waals surface area contributed by atoms with E-state index in [-0.39, 0.29) is 18.7 Å². The van der Waals surface area contributed by atoms with Crippen LogP contribution in [0.15, 0.2) is 18.2 Å². The smallest absolute Gasteiger partial charge is 0.322 e. The van der Waals surface area contributed by atoms with Gasteiger partial charge >= 0.3 is 6.03 Å². The van der Waals surface area contributed by atoms with Crippen LogP contribution in [-0.4, -0.2) is 46.7 Å². The number of para-hydroxylation sites is 1. The summed E-state index contributed by atoms with van der Waals surface area (Å²) in [5.74, 6) is 1.87. The second-order valence-electron chi connectivity index (χ2n) is 5.33. The average Bonchev–Trinajstić information content (AvgIpc) is 2.50. The Hall–Kier alpha value is -1.20. The van der Waals surface area contributed by atoms with E-state index in [0.717, 1.165) is 41.3 Å². The number of nitrogens with zero attached hydrogens (tertiary/aromatic N) is 1. The molecule has 1 aliphatic heterocycles. The number of carbonyl (C=O) groups excluding carboxylic acids is 1. The lowest BCUT2D eigenvalue weighted by Gasteiger charge is -2.35. The van der Waals surface area contributed by atoms with Gasteiger partial charge in [0.05, 0.1) is 0 Å². The highest BCUT2D eigenvalue weighted by Gasteiger charge is 2.27. The lowest BCUT2D eigenvalue weighted by molar-refractivity contribution is 0.177. The molecule has 0 aliphatic carbocycles. The molecule has 5 heteroatoms. The van der Waals surface area contributed by atoms with Gasteiger partial charge < -0.3 is 15.3 Å². The number of hydrogen-bond acceptors (Lipinski definition) is 3. The molecule has 0 spiro atoms. The summed E-state index contributed by atoms with van der Waals surface area (Å²) >= 11 is 1.85. The molecule has 0 bridgehead atoms. The van der Waals surface area contributed by atoms with Crippen LogP contribution >= 0.6 is 11.8 Å². The van der Waals surface area contributed by atoms with E-state index in [1.807, 2.05) is 35.7 Å². The lowest BCUT2D eigenvalue weighted by Crippen LogP contribution is -2.48. The summed E-state index contributed by atoms with van der Waals surface area (Å²) in [7, 11) is 0. The number of amides is 2. The first-order valence-corrected chi connectivity index (χ1v) is 8.67. The highest BCUT2D eigenvalue weighted by Crippen LogP contribution is 2.24. The SMILES string of the molecule is CCc1cccc(C)c1NC(=O)N1CCSC[C@H]1CCO. The Morgan fingerprint density at radius 2 is 2.33 bits per heavy atom. The predicted molar refractivity (Wildman–Crippen MR) is 89.1 cm³/mol. The van der Waals surface area contributed by atoms with Gasteiger partial charge in [-0.1, -0.05) is 25.1 Å². The van der Waals surface area contributed by atoms with Gasteiger partial charge in [-0.2, -0.15) is 11.8 Å². The summed E-state index contributed by atoms with van der Waals surface area (Å²) in [4.78, 5) is 14.5. The van der Waals surface area contributed by atoms with Crippen LogP contribution in [0.3, 0.4) is 0 Å². The van der Waals surface area contributed by atoms with Gasteiger partial charge in [-0.25, -0.2) is 4.79 Å². The molecule has 1 aromatic carbocycles. The second kappa shape index (κ2) is 7.71. The molecule has 1 saturated heterocycles. The fourth-order valence-electron chi connectivity index (χ4n) is 2.69. The van der Waals surface area contributed by atoms with Crippen LogP contribution in [0.4, 0.5) is 10.5 Å².